The van der Waals surface area contributed by atoms with E-state index in [4.69, 9.17) is 4.74 Å². The molecule has 0 unspecified atom stereocenters. The van der Waals surface area contributed by atoms with Crippen LogP contribution in [0.4, 0.5) is 13.2 Å². The van der Waals surface area contributed by atoms with E-state index < -0.39 is 51.5 Å². The first-order chi connectivity index (χ1) is 13.8. The first kappa shape index (κ1) is 24.0. The molecule has 6 nitrogen and oxygen atoms in total. The quantitative estimate of drug-likeness (QED) is 0.375. The highest BCUT2D eigenvalue weighted by molar-refractivity contribution is 7.85. The van der Waals surface area contributed by atoms with Crippen molar-refractivity contribution >= 4 is 16.1 Å². The lowest BCUT2D eigenvalue weighted by Crippen LogP contribution is -2.28. The van der Waals surface area contributed by atoms with Crippen LogP contribution in [0.15, 0.2) is 18.2 Å². The molecule has 0 aliphatic heterocycles. The van der Waals surface area contributed by atoms with E-state index in [2.05, 4.69) is 16.6 Å². The summed E-state index contributed by atoms with van der Waals surface area (Å²) in [6, 6.07) is 2.44. The third kappa shape index (κ3) is 7.54. The molecule has 0 atom stereocenters. The molecule has 1 aliphatic carbocycles. The molecule has 0 spiro atoms. The summed E-state index contributed by atoms with van der Waals surface area (Å²) in [7, 11) is -4.59. The monoisotopic (exact) mass is 447 g/mol. The van der Waals surface area contributed by atoms with Gasteiger partial charge in [0.15, 0.2) is 5.60 Å². The van der Waals surface area contributed by atoms with Crippen LogP contribution in [0.3, 0.4) is 0 Å². The number of benzene rings is 1. The van der Waals surface area contributed by atoms with E-state index in [1.165, 1.54) is 13.8 Å². The standard InChI is InChI=1S/C20H23F3O6S/c1-19(2,10-9-14-5-3-4-6-14)29-17-13-15(7-8-16(17)20(21,22)23)18(24)28-11-12-30(25,26)27/h7-8,13-14H,3-6,11-12H2,1-2H3,(H,25,26,27)/p-1. The third-order valence-corrected chi connectivity index (χ3v) is 5.05. The number of rotatable bonds is 6. The fraction of sp³-hybridized carbons (Fsp3) is 0.550. The van der Waals surface area contributed by atoms with E-state index in [-0.39, 0.29) is 11.5 Å². The SMILES string of the molecule is CC(C)(C#CC1CCCC1)Oc1cc(C(=O)OCCS(=O)(=O)[O-])ccc1C(F)(F)F. The third-order valence-electron chi connectivity index (χ3n) is 4.39. The molecule has 0 radical (unpaired) electrons. The Morgan fingerprint density at radius 2 is 1.87 bits per heavy atom. The predicted molar refractivity (Wildman–Crippen MR) is 101 cm³/mol. The second-order valence-corrected chi connectivity index (χ2v) is 8.99. The normalized spacial score (nSPS) is 15.4. The van der Waals surface area contributed by atoms with Crippen molar-refractivity contribution in [3.05, 3.63) is 29.3 Å². The molecule has 10 heteroatoms. The number of esters is 1. The molecule has 1 saturated carbocycles. The van der Waals surface area contributed by atoms with Crippen molar-refractivity contribution < 1.29 is 40.4 Å². The van der Waals surface area contributed by atoms with Crippen LogP contribution in [0, 0.1) is 17.8 Å². The van der Waals surface area contributed by atoms with Crippen molar-refractivity contribution in [2.45, 2.75) is 51.3 Å². The summed E-state index contributed by atoms with van der Waals surface area (Å²) in [6.07, 6.45) is -0.717. The number of hydrogen-bond acceptors (Lipinski definition) is 6. The first-order valence-electron chi connectivity index (χ1n) is 9.30. The van der Waals surface area contributed by atoms with Crippen LogP contribution >= 0.6 is 0 Å². The molecule has 2 rings (SSSR count). The lowest BCUT2D eigenvalue weighted by molar-refractivity contribution is -0.139. The van der Waals surface area contributed by atoms with Gasteiger partial charge in [-0.15, -0.1) is 0 Å². The maximum absolute atomic E-state index is 13.4. The molecule has 1 aromatic carbocycles. The minimum atomic E-state index is -4.73. The molecular weight excluding hydrogens is 425 g/mol. The van der Waals surface area contributed by atoms with Gasteiger partial charge in [0.25, 0.3) is 0 Å². The second kappa shape index (κ2) is 9.27. The van der Waals surface area contributed by atoms with E-state index in [1.54, 1.807) is 0 Å². The first-order valence-corrected chi connectivity index (χ1v) is 10.9. The molecule has 1 aliphatic rings. The van der Waals surface area contributed by atoms with Gasteiger partial charge >= 0.3 is 12.1 Å². The maximum atomic E-state index is 13.4. The van der Waals surface area contributed by atoms with Gasteiger partial charge in [0.1, 0.15) is 12.4 Å². The Balaban J connectivity index is 2.24. The van der Waals surface area contributed by atoms with Gasteiger partial charge in [0.05, 0.1) is 27.0 Å². The molecule has 0 amide bonds. The summed E-state index contributed by atoms with van der Waals surface area (Å²) in [6.45, 7) is 2.35. The van der Waals surface area contributed by atoms with E-state index in [0.717, 1.165) is 37.8 Å². The molecule has 1 aromatic rings. The predicted octanol–water partition coefficient (Wildman–Crippen LogP) is 3.76. The lowest BCUT2D eigenvalue weighted by atomic mass is 10.0. The minimum absolute atomic E-state index is 0.188. The van der Waals surface area contributed by atoms with Crippen molar-refractivity contribution in [3.63, 3.8) is 0 Å². The van der Waals surface area contributed by atoms with E-state index in [1.807, 2.05) is 0 Å². The molecule has 0 heterocycles. The highest BCUT2D eigenvalue weighted by Gasteiger charge is 2.36. The molecule has 166 valence electrons. The van der Waals surface area contributed by atoms with Crippen LogP contribution in [0.5, 0.6) is 5.75 Å². The molecule has 0 saturated heterocycles. The average molecular weight is 447 g/mol. The Morgan fingerprint density at radius 1 is 1.23 bits per heavy atom. The van der Waals surface area contributed by atoms with E-state index in [9.17, 15) is 30.9 Å². The summed E-state index contributed by atoms with van der Waals surface area (Å²) in [5, 5.41) is 0. The van der Waals surface area contributed by atoms with Crippen molar-refractivity contribution in [2.24, 2.45) is 5.92 Å². The fourth-order valence-corrected chi connectivity index (χ4v) is 3.22. The zero-order chi connectivity index (χ0) is 22.6. The number of carbonyl (C=O) groups is 1. The maximum Gasteiger partial charge on any atom is 0.419 e. The van der Waals surface area contributed by atoms with Gasteiger partial charge in [-0.25, -0.2) is 13.2 Å². The highest BCUT2D eigenvalue weighted by atomic mass is 32.2. The molecular formula is C20H22F3O6S-. The van der Waals surface area contributed by atoms with Crippen molar-refractivity contribution in [3.8, 4) is 17.6 Å². The number of ether oxygens (including phenoxy) is 2. The van der Waals surface area contributed by atoms with Gasteiger partial charge in [-0.05, 0) is 44.9 Å². The number of carbonyl (C=O) groups excluding carboxylic acids is 1. The zero-order valence-corrected chi connectivity index (χ0v) is 17.4. The Morgan fingerprint density at radius 3 is 2.43 bits per heavy atom. The number of alkyl halides is 3. The zero-order valence-electron chi connectivity index (χ0n) is 16.5. The summed E-state index contributed by atoms with van der Waals surface area (Å²) >= 11 is 0. The van der Waals surface area contributed by atoms with Crippen LogP contribution in [0.1, 0.15) is 55.5 Å². The van der Waals surface area contributed by atoms with Crippen LogP contribution in [0.2, 0.25) is 0 Å². The fourth-order valence-electron chi connectivity index (χ4n) is 2.93. The van der Waals surface area contributed by atoms with Crippen molar-refractivity contribution in [1.29, 1.82) is 0 Å². The van der Waals surface area contributed by atoms with Gasteiger partial charge in [0, 0.05) is 5.92 Å². The summed E-state index contributed by atoms with van der Waals surface area (Å²) in [4.78, 5) is 12.0. The Hall–Kier alpha value is -2.25. The Kier molecular flexibility index (Phi) is 7.42. The number of halogens is 3. The van der Waals surface area contributed by atoms with Crippen LogP contribution in [-0.4, -0.2) is 36.9 Å². The number of hydrogen-bond donors (Lipinski definition) is 0. The van der Waals surface area contributed by atoms with Gasteiger partial charge in [-0.3, -0.25) is 0 Å². The van der Waals surface area contributed by atoms with Gasteiger partial charge in [0.2, 0.25) is 0 Å². The van der Waals surface area contributed by atoms with Crippen molar-refractivity contribution in [1.82, 2.24) is 0 Å². The summed E-state index contributed by atoms with van der Waals surface area (Å²) in [5.41, 5.74) is -2.61. The Bertz CT molecular complexity index is 936. The van der Waals surface area contributed by atoms with Crippen LogP contribution < -0.4 is 4.74 Å². The van der Waals surface area contributed by atoms with Crippen LogP contribution in [-0.2, 0) is 21.0 Å². The van der Waals surface area contributed by atoms with Gasteiger partial charge in [-0.1, -0.05) is 24.7 Å². The van der Waals surface area contributed by atoms with Crippen molar-refractivity contribution in [2.75, 3.05) is 12.4 Å². The van der Waals surface area contributed by atoms with E-state index >= 15 is 0 Å². The minimum Gasteiger partial charge on any atom is -0.748 e. The molecule has 0 bridgehead atoms. The average Bonchev–Trinajstić information content (AvgIpc) is 3.11. The molecule has 30 heavy (non-hydrogen) atoms. The highest BCUT2D eigenvalue weighted by Crippen LogP contribution is 2.38. The second-order valence-electron chi connectivity index (χ2n) is 7.47. The summed E-state index contributed by atoms with van der Waals surface area (Å²) < 4.78 is 82.0. The molecule has 0 aromatic heterocycles. The van der Waals surface area contributed by atoms with E-state index in [0.29, 0.717) is 6.07 Å². The van der Waals surface area contributed by atoms with Gasteiger partial charge in [-0.2, -0.15) is 13.2 Å². The molecule has 1 fully saturated rings. The molecule has 0 N–H and O–H groups in total. The topological polar surface area (TPSA) is 92.7 Å². The summed E-state index contributed by atoms with van der Waals surface area (Å²) in [5.74, 6) is 3.49. The largest absolute Gasteiger partial charge is 0.748 e. The smallest absolute Gasteiger partial charge is 0.419 e. The van der Waals surface area contributed by atoms with Gasteiger partial charge < -0.3 is 14.0 Å². The van der Waals surface area contributed by atoms with Crippen LogP contribution in [0.25, 0.3) is 0 Å². The Labute approximate surface area is 173 Å². The lowest BCUT2D eigenvalue weighted by Gasteiger charge is -2.24.